The number of nitrogens with zero attached hydrogens (tertiary/aromatic N) is 2. The maximum Gasteiger partial charge on any atom is 0.270 e. The van der Waals surface area contributed by atoms with Gasteiger partial charge in [-0.3, -0.25) is 9.59 Å². The molecule has 2 amide bonds. The van der Waals surface area contributed by atoms with E-state index in [4.69, 9.17) is 11.6 Å². The number of nitrogens with one attached hydrogen (secondary N) is 1. The van der Waals surface area contributed by atoms with Crippen molar-refractivity contribution < 1.29 is 9.59 Å². The Bertz CT molecular complexity index is 555. The molecule has 0 saturated carbocycles. The number of aromatic nitrogens is 1. The van der Waals surface area contributed by atoms with Crippen molar-refractivity contribution in [2.24, 2.45) is 13.0 Å². The number of rotatable bonds is 1. The first kappa shape index (κ1) is 13.5. The van der Waals surface area contributed by atoms with E-state index >= 15 is 0 Å². The highest BCUT2D eigenvalue weighted by Crippen LogP contribution is 2.23. The third-order valence-electron chi connectivity index (χ3n) is 4.18. The van der Waals surface area contributed by atoms with Gasteiger partial charge in [-0.05, 0) is 18.9 Å². The van der Waals surface area contributed by atoms with E-state index in [-0.39, 0.29) is 23.8 Å². The van der Waals surface area contributed by atoms with Gasteiger partial charge in [-0.25, -0.2) is 0 Å². The van der Waals surface area contributed by atoms with Crippen LogP contribution in [-0.4, -0.2) is 40.4 Å². The second kappa shape index (κ2) is 5.13. The number of carbonyl (C=O) groups is 2. The van der Waals surface area contributed by atoms with Crippen LogP contribution in [0, 0.1) is 5.92 Å². The van der Waals surface area contributed by atoms with E-state index in [1.807, 2.05) is 0 Å². The average molecular weight is 296 g/mol. The fourth-order valence-corrected chi connectivity index (χ4v) is 3.37. The molecular formula is C14H18ClN3O2. The fourth-order valence-electron chi connectivity index (χ4n) is 3.12. The molecule has 2 aliphatic rings. The zero-order chi connectivity index (χ0) is 14.3. The summed E-state index contributed by atoms with van der Waals surface area (Å²) < 4.78 is 1.74. The SMILES string of the molecule is Cn1cc(Cl)cc1C(=O)N1C[C@@H]2CCC[C@H](C1)C(=O)N2. The number of carbonyl (C=O) groups excluding carboxylic acids is 2. The quantitative estimate of drug-likeness (QED) is 0.852. The van der Waals surface area contributed by atoms with Crippen molar-refractivity contribution in [2.75, 3.05) is 13.1 Å². The molecule has 2 fully saturated rings. The largest absolute Gasteiger partial charge is 0.351 e. The third kappa shape index (κ3) is 2.42. The smallest absolute Gasteiger partial charge is 0.270 e. The maximum absolute atomic E-state index is 12.6. The van der Waals surface area contributed by atoms with Crippen LogP contribution in [0.4, 0.5) is 0 Å². The number of hydrogen-bond acceptors (Lipinski definition) is 2. The molecule has 1 aromatic rings. The van der Waals surface area contributed by atoms with Gasteiger partial charge in [-0.2, -0.15) is 0 Å². The molecule has 0 spiro atoms. The minimum Gasteiger partial charge on any atom is -0.351 e. The van der Waals surface area contributed by atoms with E-state index in [9.17, 15) is 9.59 Å². The Morgan fingerprint density at radius 3 is 2.90 bits per heavy atom. The Hall–Kier alpha value is -1.49. The van der Waals surface area contributed by atoms with E-state index in [0.717, 1.165) is 19.3 Å². The topological polar surface area (TPSA) is 54.3 Å². The summed E-state index contributed by atoms with van der Waals surface area (Å²) in [6.45, 7) is 1.09. The van der Waals surface area contributed by atoms with Crippen LogP contribution in [0.25, 0.3) is 0 Å². The summed E-state index contributed by atoms with van der Waals surface area (Å²) in [6, 6.07) is 1.76. The molecule has 3 rings (SSSR count). The zero-order valence-corrected chi connectivity index (χ0v) is 12.2. The molecule has 0 radical (unpaired) electrons. The van der Waals surface area contributed by atoms with Crippen molar-refractivity contribution in [1.29, 1.82) is 0 Å². The molecule has 1 aromatic heterocycles. The van der Waals surface area contributed by atoms with Crippen molar-refractivity contribution in [3.63, 3.8) is 0 Å². The van der Waals surface area contributed by atoms with E-state index in [1.165, 1.54) is 0 Å². The van der Waals surface area contributed by atoms with Crippen molar-refractivity contribution in [3.8, 4) is 0 Å². The first-order chi connectivity index (χ1) is 9.54. The van der Waals surface area contributed by atoms with Gasteiger partial charge in [0, 0.05) is 32.4 Å². The third-order valence-corrected chi connectivity index (χ3v) is 4.39. The van der Waals surface area contributed by atoms with Crippen molar-refractivity contribution in [3.05, 3.63) is 23.0 Å². The molecule has 5 nitrogen and oxygen atoms in total. The lowest BCUT2D eigenvalue weighted by molar-refractivity contribution is -0.124. The monoisotopic (exact) mass is 295 g/mol. The number of halogens is 1. The van der Waals surface area contributed by atoms with E-state index in [1.54, 1.807) is 28.8 Å². The summed E-state index contributed by atoms with van der Waals surface area (Å²) >= 11 is 5.94. The Kier molecular flexibility index (Phi) is 3.46. The van der Waals surface area contributed by atoms with Gasteiger partial charge in [-0.1, -0.05) is 18.0 Å². The van der Waals surface area contributed by atoms with E-state index in [2.05, 4.69) is 5.32 Å². The predicted molar refractivity (Wildman–Crippen MR) is 75.6 cm³/mol. The standard InChI is InChI=1S/C14H18ClN3O2/c1-17-7-10(15)5-12(17)14(20)18-6-9-3-2-4-11(8-18)16-13(9)19/h5,7,9,11H,2-4,6,8H2,1H3,(H,16,19)/t9-,11+/m1/s1. The van der Waals surface area contributed by atoms with Gasteiger partial charge in [0.2, 0.25) is 5.91 Å². The molecule has 2 bridgehead atoms. The van der Waals surface area contributed by atoms with Crippen LogP contribution in [0.15, 0.2) is 12.3 Å². The summed E-state index contributed by atoms with van der Waals surface area (Å²) in [5.74, 6) is -0.0392. The van der Waals surface area contributed by atoms with E-state index in [0.29, 0.717) is 23.8 Å². The van der Waals surface area contributed by atoms with Crippen LogP contribution in [-0.2, 0) is 11.8 Å². The molecule has 1 N–H and O–H groups in total. The maximum atomic E-state index is 12.6. The molecule has 2 aliphatic heterocycles. The fraction of sp³-hybridized carbons (Fsp3) is 0.571. The van der Waals surface area contributed by atoms with Gasteiger partial charge in [0.05, 0.1) is 10.9 Å². The molecule has 0 unspecified atom stereocenters. The summed E-state index contributed by atoms with van der Waals surface area (Å²) in [5.41, 5.74) is 0.572. The molecule has 2 atom stereocenters. The van der Waals surface area contributed by atoms with Gasteiger partial charge < -0.3 is 14.8 Å². The van der Waals surface area contributed by atoms with Crippen LogP contribution in [0.1, 0.15) is 29.8 Å². The number of amides is 2. The molecule has 108 valence electrons. The van der Waals surface area contributed by atoms with Crippen molar-refractivity contribution in [2.45, 2.75) is 25.3 Å². The van der Waals surface area contributed by atoms with Gasteiger partial charge >= 0.3 is 0 Å². The highest BCUT2D eigenvalue weighted by Gasteiger charge is 2.35. The molecule has 20 heavy (non-hydrogen) atoms. The van der Waals surface area contributed by atoms with Crippen LogP contribution in [0.2, 0.25) is 5.02 Å². The Morgan fingerprint density at radius 1 is 1.40 bits per heavy atom. The van der Waals surface area contributed by atoms with Crippen LogP contribution >= 0.6 is 11.6 Å². The van der Waals surface area contributed by atoms with Gasteiger partial charge in [0.1, 0.15) is 5.69 Å². The van der Waals surface area contributed by atoms with Crippen molar-refractivity contribution >= 4 is 23.4 Å². The van der Waals surface area contributed by atoms with E-state index < -0.39 is 0 Å². The van der Waals surface area contributed by atoms with Gasteiger partial charge in [-0.15, -0.1) is 0 Å². The highest BCUT2D eigenvalue weighted by atomic mass is 35.5. The molecule has 2 saturated heterocycles. The van der Waals surface area contributed by atoms with Gasteiger partial charge in [0.25, 0.3) is 5.91 Å². The summed E-state index contributed by atoms with van der Waals surface area (Å²) in [7, 11) is 1.81. The second-order valence-electron chi connectivity index (χ2n) is 5.70. The molecule has 0 aliphatic carbocycles. The average Bonchev–Trinajstić information content (AvgIpc) is 2.53. The summed E-state index contributed by atoms with van der Waals surface area (Å²) in [6.07, 6.45) is 4.57. The predicted octanol–water partition coefficient (Wildman–Crippen LogP) is 1.42. The zero-order valence-electron chi connectivity index (χ0n) is 11.4. The summed E-state index contributed by atoms with van der Waals surface area (Å²) in [4.78, 5) is 26.4. The Balaban J connectivity index is 1.85. The van der Waals surface area contributed by atoms with Crippen molar-refractivity contribution in [1.82, 2.24) is 14.8 Å². The first-order valence-corrected chi connectivity index (χ1v) is 7.34. The second-order valence-corrected chi connectivity index (χ2v) is 6.13. The minimum absolute atomic E-state index is 0.0483. The number of fused-ring (bicyclic) bond motifs is 3. The lowest BCUT2D eigenvalue weighted by Gasteiger charge is -2.27. The normalized spacial score (nSPS) is 26.1. The molecule has 0 aromatic carbocycles. The number of hydrogen-bond donors (Lipinski definition) is 1. The number of likely N-dealkylation sites (tertiary alicyclic amines) is 1. The summed E-state index contributed by atoms with van der Waals surface area (Å²) in [5, 5.41) is 3.59. The van der Waals surface area contributed by atoms with Crippen LogP contribution < -0.4 is 5.32 Å². The first-order valence-electron chi connectivity index (χ1n) is 6.96. The molecule has 3 heterocycles. The van der Waals surface area contributed by atoms with Gasteiger partial charge in [0.15, 0.2) is 0 Å². The minimum atomic E-state index is -0.0813. The molecule has 6 heteroatoms. The Labute approximate surface area is 122 Å². The van der Waals surface area contributed by atoms with Crippen LogP contribution in [0.5, 0.6) is 0 Å². The Morgan fingerprint density at radius 2 is 2.20 bits per heavy atom. The highest BCUT2D eigenvalue weighted by molar-refractivity contribution is 6.31. The number of aryl methyl sites for hydroxylation is 1. The van der Waals surface area contributed by atoms with Crippen LogP contribution in [0.3, 0.4) is 0 Å². The molecular weight excluding hydrogens is 278 g/mol. The lowest BCUT2D eigenvalue weighted by Crippen LogP contribution is -2.42. The lowest BCUT2D eigenvalue weighted by atomic mass is 9.99.